The molecular weight excluding hydrogens is 248 g/mol. The molecule has 5 nitrogen and oxygen atoms in total. The normalized spacial score (nSPS) is 20.2. The highest BCUT2D eigenvalue weighted by Crippen LogP contribution is 2.21. The molecule has 1 N–H and O–H groups in total. The highest BCUT2D eigenvalue weighted by molar-refractivity contribution is 7.13. The van der Waals surface area contributed by atoms with Crippen LogP contribution < -0.4 is 5.32 Å². The van der Waals surface area contributed by atoms with Gasteiger partial charge in [-0.1, -0.05) is 6.07 Å². The zero-order valence-electron chi connectivity index (χ0n) is 10.3. The molecule has 1 aliphatic heterocycles. The Morgan fingerprint density at radius 2 is 2.56 bits per heavy atom. The summed E-state index contributed by atoms with van der Waals surface area (Å²) in [6.07, 6.45) is 1.01. The number of nitrogens with one attached hydrogen (secondary N) is 1. The molecule has 0 spiro atoms. The van der Waals surface area contributed by atoms with E-state index in [0.717, 1.165) is 42.6 Å². The summed E-state index contributed by atoms with van der Waals surface area (Å²) in [6, 6.07) is 4.06. The van der Waals surface area contributed by atoms with Crippen LogP contribution in [0.1, 0.15) is 5.82 Å². The zero-order valence-corrected chi connectivity index (χ0v) is 11.1. The lowest BCUT2D eigenvalue weighted by molar-refractivity contribution is 0.0275. The first kappa shape index (κ1) is 11.8. The fraction of sp³-hybridized carbons (Fsp3) is 0.500. The van der Waals surface area contributed by atoms with Gasteiger partial charge in [0.05, 0.1) is 17.6 Å². The molecule has 1 saturated heterocycles. The number of aromatic nitrogens is 3. The predicted octanol–water partition coefficient (Wildman–Crippen LogP) is 1.07. The molecule has 0 radical (unpaired) electrons. The summed E-state index contributed by atoms with van der Waals surface area (Å²) in [6.45, 7) is 2.61. The smallest absolute Gasteiger partial charge is 0.191 e. The van der Waals surface area contributed by atoms with Crippen LogP contribution in [0.15, 0.2) is 17.5 Å². The number of thiophene rings is 1. The molecule has 1 fully saturated rings. The van der Waals surface area contributed by atoms with E-state index in [2.05, 4.69) is 15.4 Å². The van der Waals surface area contributed by atoms with Crippen LogP contribution in [0.4, 0.5) is 0 Å². The SMILES string of the molecule is Cn1nc(-c2cccs2)nc1CC1CNCCO1. The fourth-order valence-corrected chi connectivity index (χ4v) is 2.71. The van der Waals surface area contributed by atoms with E-state index in [1.54, 1.807) is 11.3 Å². The summed E-state index contributed by atoms with van der Waals surface area (Å²) in [5.41, 5.74) is 0. The number of hydrogen-bond donors (Lipinski definition) is 1. The Kier molecular flexibility index (Phi) is 3.40. The van der Waals surface area contributed by atoms with Crippen LogP contribution in [-0.4, -0.2) is 40.6 Å². The third-order valence-electron chi connectivity index (χ3n) is 3.01. The van der Waals surface area contributed by atoms with E-state index < -0.39 is 0 Å². The van der Waals surface area contributed by atoms with Crippen molar-refractivity contribution >= 4 is 11.3 Å². The van der Waals surface area contributed by atoms with Crippen molar-refractivity contribution in [2.75, 3.05) is 19.7 Å². The number of morpholine rings is 1. The van der Waals surface area contributed by atoms with Gasteiger partial charge in [0.15, 0.2) is 5.82 Å². The van der Waals surface area contributed by atoms with Gasteiger partial charge in [0.25, 0.3) is 0 Å². The number of ether oxygens (including phenoxy) is 1. The Labute approximate surface area is 110 Å². The lowest BCUT2D eigenvalue weighted by Crippen LogP contribution is -2.40. The van der Waals surface area contributed by atoms with E-state index in [0.29, 0.717) is 0 Å². The maximum Gasteiger partial charge on any atom is 0.191 e. The van der Waals surface area contributed by atoms with Crippen molar-refractivity contribution in [2.24, 2.45) is 7.05 Å². The first-order valence-corrected chi connectivity index (χ1v) is 6.97. The summed E-state index contributed by atoms with van der Waals surface area (Å²) in [7, 11) is 1.94. The molecule has 3 rings (SSSR count). The Balaban J connectivity index is 1.76. The molecule has 3 heterocycles. The van der Waals surface area contributed by atoms with E-state index in [-0.39, 0.29) is 6.10 Å². The summed E-state index contributed by atoms with van der Waals surface area (Å²) >= 11 is 1.66. The van der Waals surface area contributed by atoms with E-state index in [1.807, 2.05) is 29.2 Å². The lowest BCUT2D eigenvalue weighted by Gasteiger charge is -2.22. The van der Waals surface area contributed by atoms with Crippen LogP contribution in [0.3, 0.4) is 0 Å². The van der Waals surface area contributed by atoms with Gasteiger partial charge in [0, 0.05) is 26.6 Å². The molecule has 2 aromatic rings. The summed E-state index contributed by atoms with van der Waals surface area (Å²) < 4.78 is 7.55. The largest absolute Gasteiger partial charge is 0.375 e. The molecule has 0 bridgehead atoms. The van der Waals surface area contributed by atoms with Gasteiger partial charge in [-0.2, -0.15) is 5.10 Å². The monoisotopic (exact) mass is 264 g/mol. The first-order chi connectivity index (χ1) is 8.83. The first-order valence-electron chi connectivity index (χ1n) is 6.09. The maximum absolute atomic E-state index is 5.70. The molecule has 1 atom stereocenters. The Hall–Kier alpha value is -1.24. The predicted molar refractivity (Wildman–Crippen MR) is 70.6 cm³/mol. The zero-order chi connectivity index (χ0) is 12.4. The topological polar surface area (TPSA) is 52.0 Å². The molecule has 2 aromatic heterocycles. The van der Waals surface area contributed by atoms with Crippen LogP contribution in [0, 0.1) is 0 Å². The summed E-state index contributed by atoms with van der Waals surface area (Å²) in [5.74, 6) is 1.79. The minimum Gasteiger partial charge on any atom is -0.375 e. The van der Waals surface area contributed by atoms with Crippen molar-refractivity contribution in [2.45, 2.75) is 12.5 Å². The third kappa shape index (κ3) is 2.45. The molecule has 0 aliphatic carbocycles. The molecule has 18 heavy (non-hydrogen) atoms. The van der Waals surface area contributed by atoms with Crippen LogP contribution in [-0.2, 0) is 18.2 Å². The maximum atomic E-state index is 5.70. The minimum absolute atomic E-state index is 0.206. The molecule has 1 unspecified atom stereocenters. The minimum atomic E-state index is 0.206. The fourth-order valence-electron chi connectivity index (χ4n) is 2.06. The average Bonchev–Trinajstić information content (AvgIpc) is 3.01. The Morgan fingerprint density at radius 3 is 3.28 bits per heavy atom. The second-order valence-corrected chi connectivity index (χ2v) is 5.30. The number of nitrogens with zero attached hydrogens (tertiary/aromatic N) is 3. The van der Waals surface area contributed by atoms with E-state index in [9.17, 15) is 0 Å². The van der Waals surface area contributed by atoms with Gasteiger partial charge in [0.1, 0.15) is 5.82 Å². The van der Waals surface area contributed by atoms with Gasteiger partial charge in [0.2, 0.25) is 0 Å². The number of aryl methyl sites for hydroxylation is 1. The third-order valence-corrected chi connectivity index (χ3v) is 3.88. The second-order valence-electron chi connectivity index (χ2n) is 4.35. The van der Waals surface area contributed by atoms with E-state index in [4.69, 9.17) is 4.74 Å². The van der Waals surface area contributed by atoms with Crippen molar-refractivity contribution in [3.63, 3.8) is 0 Å². The lowest BCUT2D eigenvalue weighted by atomic mass is 10.2. The Bertz CT molecular complexity index is 502. The second kappa shape index (κ2) is 5.17. The molecule has 96 valence electrons. The summed E-state index contributed by atoms with van der Waals surface area (Å²) in [4.78, 5) is 5.71. The highest BCUT2D eigenvalue weighted by Gasteiger charge is 2.18. The summed E-state index contributed by atoms with van der Waals surface area (Å²) in [5, 5.41) is 9.83. The Morgan fingerprint density at radius 1 is 1.61 bits per heavy atom. The van der Waals surface area contributed by atoms with Crippen LogP contribution in [0.2, 0.25) is 0 Å². The number of rotatable bonds is 3. The van der Waals surface area contributed by atoms with Gasteiger partial charge in [-0.05, 0) is 11.4 Å². The van der Waals surface area contributed by atoms with Crippen molar-refractivity contribution in [3.8, 4) is 10.7 Å². The molecule has 0 aromatic carbocycles. The van der Waals surface area contributed by atoms with E-state index >= 15 is 0 Å². The molecule has 0 amide bonds. The molecule has 1 aliphatic rings. The molecule has 6 heteroatoms. The van der Waals surface area contributed by atoms with Crippen molar-refractivity contribution in [3.05, 3.63) is 23.3 Å². The standard InChI is InChI=1S/C12H16N4OS/c1-16-11(7-9-8-13-4-5-17-9)14-12(15-16)10-3-2-6-18-10/h2-3,6,9,13H,4-5,7-8H2,1H3. The van der Waals surface area contributed by atoms with Crippen LogP contribution in [0.5, 0.6) is 0 Å². The van der Waals surface area contributed by atoms with Gasteiger partial charge < -0.3 is 10.1 Å². The van der Waals surface area contributed by atoms with Crippen molar-refractivity contribution in [1.82, 2.24) is 20.1 Å². The van der Waals surface area contributed by atoms with Gasteiger partial charge in [-0.3, -0.25) is 4.68 Å². The average molecular weight is 264 g/mol. The van der Waals surface area contributed by atoms with Crippen molar-refractivity contribution in [1.29, 1.82) is 0 Å². The highest BCUT2D eigenvalue weighted by atomic mass is 32.1. The molecule has 0 saturated carbocycles. The van der Waals surface area contributed by atoms with E-state index in [1.165, 1.54) is 0 Å². The van der Waals surface area contributed by atoms with Crippen LogP contribution in [0.25, 0.3) is 10.7 Å². The van der Waals surface area contributed by atoms with Gasteiger partial charge in [-0.15, -0.1) is 11.3 Å². The van der Waals surface area contributed by atoms with Gasteiger partial charge in [-0.25, -0.2) is 4.98 Å². The van der Waals surface area contributed by atoms with Gasteiger partial charge >= 0.3 is 0 Å². The number of hydrogen-bond acceptors (Lipinski definition) is 5. The van der Waals surface area contributed by atoms with Crippen molar-refractivity contribution < 1.29 is 4.74 Å². The molecular formula is C12H16N4OS. The van der Waals surface area contributed by atoms with Crippen LogP contribution >= 0.6 is 11.3 Å². The quantitative estimate of drug-likeness (QED) is 0.901.